The summed E-state index contributed by atoms with van der Waals surface area (Å²) >= 11 is 0. The number of aryl methyl sites for hydroxylation is 1. The van der Waals surface area contributed by atoms with Crippen LogP contribution in [0.4, 0.5) is 5.69 Å². The Kier molecular flexibility index (Phi) is 3.69. The van der Waals surface area contributed by atoms with Crippen molar-refractivity contribution in [3.63, 3.8) is 0 Å². The van der Waals surface area contributed by atoms with E-state index in [4.69, 9.17) is 5.73 Å². The molecule has 2 aromatic rings. The Morgan fingerprint density at radius 1 is 1.26 bits per heavy atom. The van der Waals surface area contributed by atoms with Crippen LogP contribution < -0.4 is 5.73 Å². The van der Waals surface area contributed by atoms with E-state index in [1.54, 1.807) is 4.90 Å². The largest absolute Gasteiger partial charge is 0.398 e. The maximum absolute atomic E-state index is 12.5. The molecular formula is C15H19N3O. The van der Waals surface area contributed by atoms with Gasteiger partial charge in [-0.1, -0.05) is 12.1 Å². The number of rotatable bonds is 3. The molecule has 4 nitrogen and oxygen atoms in total. The molecule has 0 atom stereocenters. The third-order valence-electron chi connectivity index (χ3n) is 3.29. The molecule has 1 aromatic carbocycles. The van der Waals surface area contributed by atoms with E-state index in [0.717, 1.165) is 16.5 Å². The molecule has 0 saturated carbocycles. The highest BCUT2D eigenvalue weighted by Crippen LogP contribution is 2.24. The molecule has 1 aromatic heterocycles. The van der Waals surface area contributed by atoms with Gasteiger partial charge < -0.3 is 10.6 Å². The second-order valence-corrected chi connectivity index (χ2v) is 4.53. The second kappa shape index (κ2) is 5.26. The lowest BCUT2D eigenvalue weighted by Crippen LogP contribution is -2.31. The van der Waals surface area contributed by atoms with Crippen molar-refractivity contribution in [2.24, 2.45) is 0 Å². The molecule has 2 N–H and O–H groups in total. The quantitative estimate of drug-likeness (QED) is 0.860. The number of anilines is 1. The maximum atomic E-state index is 12.5. The van der Waals surface area contributed by atoms with Crippen molar-refractivity contribution >= 4 is 22.4 Å². The number of nitrogens with zero attached hydrogens (tertiary/aromatic N) is 2. The monoisotopic (exact) mass is 257 g/mol. The summed E-state index contributed by atoms with van der Waals surface area (Å²) in [6, 6.07) is 7.51. The van der Waals surface area contributed by atoms with Gasteiger partial charge in [0.05, 0.1) is 0 Å². The summed E-state index contributed by atoms with van der Waals surface area (Å²) in [5.41, 5.74) is 7.96. The molecule has 0 fully saturated rings. The lowest BCUT2D eigenvalue weighted by atomic mass is 10.1. The van der Waals surface area contributed by atoms with Gasteiger partial charge in [0, 0.05) is 35.2 Å². The number of carbonyl (C=O) groups is 1. The van der Waals surface area contributed by atoms with Crippen LogP contribution in [0.2, 0.25) is 0 Å². The number of carbonyl (C=O) groups excluding carboxylic acids is 1. The number of hydrogen-bond donors (Lipinski definition) is 1. The van der Waals surface area contributed by atoms with Gasteiger partial charge in [0.15, 0.2) is 0 Å². The fraction of sp³-hybridized carbons (Fsp3) is 0.333. The van der Waals surface area contributed by atoms with E-state index in [0.29, 0.717) is 24.5 Å². The third-order valence-corrected chi connectivity index (χ3v) is 3.29. The maximum Gasteiger partial charge on any atom is 0.273 e. The van der Waals surface area contributed by atoms with Gasteiger partial charge in [-0.3, -0.25) is 4.79 Å². The first kappa shape index (κ1) is 13.3. The van der Waals surface area contributed by atoms with Gasteiger partial charge >= 0.3 is 0 Å². The zero-order valence-electron chi connectivity index (χ0n) is 11.6. The summed E-state index contributed by atoms with van der Waals surface area (Å²) in [6.45, 7) is 7.16. The van der Waals surface area contributed by atoms with Gasteiger partial charge in [-0.05, 0) is 32.9 Å². The second-order valence-electron chi connectivity index (χ2n) is 4.53. The van der Waals surface area contributed by atoms with E-state index in [9.17, 15) is 4.79 Å². The minimum Gasteiger partial charge on any atom is -0.398 e. The standard InChI is InChI=1S/C15H19N3O/c1-4-18(5-2)15(19)14-11-7-6-8-13(16)12(11)9-10(3)17-14/h6-9H,4-5,16H2,1-3H3. The van der Waals surface area contributed by atoms with Gasteiger partial charge in [0.25, 0.3) is 5.91 Å². The van der Waals surface area contributed by atoms with Crippen molar-refractivity contribution < 1.29 is 4.79 Å². The minimum atomic E-state index is -0.0377. The number of nitrogen functional groups attached to an aromatic ring is 1. The topological polar surface area (TPSA) is 59.2 Å². The molecule has 0 saturated heterocycles. The number of pyridine rings is 1. The predicted molar refractivity (Wildman–Crippen MR) is 78.1 cm³/mol. The molecule has 0 bridgehead atoms. The number of aromatic nitrogens is 1. The van der Waals surface area contributed by atoms with Gasteiger partial charge in [0.1, 0.15) is 5.69 Å². The molecular weight excluding hydrogens is 238 g/mol. The highest BCUT2D eigenvalue weighted by Gasteiger charge is 2.18. The molecule has 0 spiro atoms. The zero-order valence-corrected chi connectivity index (χ0v) is 11.6. The van der Waals surface area contributed by atoms with Gasteiger partial charge in [0.2, 0.25) is 0 Å². The Bertz CT molecular complexity index is 618. The number of amides is 1. The fourth-order valence-corrected chi connectivity index (χ4v) is 2.25. The predicted octanol–water partition coefficient (Wildman–Crippen LogP) is 2.61. The Labute approximate surface area is 113 Å². The molecule has 0 aliphatic heterocycles. The van der Waals surface area contributed by atoms with Crippen LogP contribution in [0.3, 0.4) is 0 Å². The van der Waals surface area contributed by atoms with Crippen LogP contribution in [0.15, 0.2) is 24.3 Å². The van der Waals surface area contributed by atoms with E-state index in [-0.39, 0.29) is 5.91 Å². The Morgan fingerprint density at radius 2 is 1.95 bits per heavy atom. The van der Waals surface area contributed by atoms with Crippen molar-refractivity contribution in [2.75, 3.05) is 18.8 Å². The van der Waals surface area contributed by atoms with Crippen molar-refractivity contribution in [3.8, 4) is 0 Å². The lowest BCUT2D eigenvalue weighted by Gasteiger charge is -2.19. The highest BCUT2D eigenvalue weighted by atomic mass is 16.2. The molecule has 0 aliphatic carbocycles. The molecule has 100 valence electrons. The van der Waals surface area contributed by atoms with Crippen LogP contribution in [-0.4, -0.2) is 28.9 Å². The van der Waals surface area contributed by atoms with Crippen molar-refractivity contribution in [1.82, 2.24) is 9.88 Å². The molecule has 2 rings (SSSR count). The smallest absolute Gasteiger partial charge is 0.273 e. The average molecular weight is 257 g/mol. The number of fused-ring (bicyclic) bond motifs is 1. The van der Waals surface area contributed by atoms with Crippen LogP contribution in [0.5, 0.6) is 0 Å². The first-order chi connectivity index (χ1) is 9.08. The molecule has 1 heterocycles. The van der Waals surface area contributed by atoms with Crippen LogP contribution in [0.25, 0.3) is 10.8 Å². The number of benzene rings is 1. The summed E-state index contributed by atoms with van der Waals surface area (Å²) in [5.74, 6) is -0.0377. The van der Waals surface area contributed by atoms with Crippen LogP contribution in [0.1, 0.15) is 30.0 Å². The van der Waals surface area contributed by atoms with E-state index < -0.39 is 0 Å². The van der Waals surface area contributed by atoms with Crippen LogP contribution >= 0.6 is 0 Å². The number of nitrogens with two attached hydrogens (primary N) is 1. The van der Waals surface area contributed by atoms with Crippen LogP contribution in [0, 0.1) is 6.92 Å². The number of hydrogen-bond acceptors (Lipinski definition) is 3. The molecule has 0 unspecified atom stereocenters. The first-order valence-electron chi connectivity index (χ1n) is 6.53. The molecule has 1 amide bonds. The van der Waals surface area contributed by atoms with E-state index in [2.05, 4.69) is 4.98 Å². The van der Waals surface area contributed by atoms with Gasteiger partial charge in [-0.15, -0.1) is 0 Å². The normalized spacial score (nSPS) is 10.7. The van der Waals surface area contributed by atoms with Crippen molar-refractivity contribution in [2.45, 2.75) is 20.8 Å². The fourth-order valence-electron chi connectivity index (χ4n) is 2.25. The van der Waals surface area contributed by atoms with E-state index in [1.165, 1.54) is 0 Å². The van der Waals surface area contributed by atoms with E-state index in [1.807, 2.05) is 45.0 Å². The van der Waals surface area contributed by atoms with Gasteiger partial charge in [-0.25, -0.2) is 4.98 Å². The Balaban J connectivity index is 2.66. The SMILES string of the molecule is CCN(CC)C(=O)c1nc(C)cc2c(N)cccc12. The summed E-state index contributed by atoms with van der Waals surface area (Å²) in [7, 11) is 0. The minimum absolute atomic E-state index is 0.0377. The third kappa shape index (κ3) is 2.38. The van der Waals surface area contributed by atoms with Gasteiger partial charge in [-0.2, -0.15) is 0 Å². The molecule has 0 aliphatic rings. The van der Waals surface area contributed by atoms with Crippen molar-refractivity contribution in [3.05, 3.63) is 35.7 Å². The summed E-state index contributed by atoms with van der Waals surface area (Å²) in [5, 5.41) is 1.72. The summed E-state index contributed by atoms with van der Waals surface area (Å²) in [4.78, 5) is 18.7. The summed E-state index contributed by atoms with van der Waals surface area (Å²) < 4.78 is 0. The highest BCUT2D eigenvalue weighted by molar-refractivity contribution is 6.08. The molecule has 4 heteroatoms. The summed E-state index contributed by atoms with van der Waals surface area (Å²) in [6.07, 6.45) is 0. The van der Waals surface area contributed by atoms with E-state index >= 15 is 0 Å². The Morgan fingerprint density at radius 3 is 2.58 bits per heavy atom. The Hall–Kier alpha value is -2.10. The zero-order chi connectivity index (χ0) is 14.0. The average Bonchev–Trinajstić information content (AvgIpc) is 2.40. The molecule has 19 heavy (non-hydrogen) atoms. The van der Waals surface area contributed by atoms with Crippen LogP contribution in [-0.2, 0) is 0 Å². The lowest BCUT2D eigenvalue weighted by molar-refractivity contribution is 0.0769. The van der Waals surface area contributed by atoms with Crippen molar-refractivity contribution in [1.29, 1.82) is 0 Å². The molecule has 0 radical (unpaired) electrons. The first-order valence-corrected chi connectivity index (χ1v) is 6.53.